The molecule has 0 unspecified atom stereocenters. The highest BCUT2D eigenvalue weighted by Gasteiger charge is 2.16. The molecule has 0 amide bonds. The lowest BCUT2D eigenvalue weighted by molar-refractivity contribution is 0.669. The summed E-state index contributed by atoms with van der Waals surface area (Å²) in [4.78, 5) is 6.88. The van der Waals surface area contributed by atoms with E-state index in [1.165, 1.54) is 32.3 Å². The van der Waals surface area contributed by atoms with E-state index in [-0.39, 0.29) is 0 Å². The Morgan fingerprint density at radius 2 is 1.14 bits per heavy atom. The molecular weight excluding hydrogens is 536 g/mol. The van der Waals surface area contributed by atoms with Crippen molar-refractivity contribution in [2.75, 3.05) is 4.90 Å². The summed E-state index contributed by atoms with van der Waals surface area (Å²) < 4.78 is 6.28. The van der Waals surface area contributed by atoms with Gasteiger partial charge in [-0.2, -0.15) is 0 Å². The Bertz CT molecular complexity index is 2490. The minimum absolute atomic E-state index is 0.805. The molecule has 0 bridgehead atoms. The van der Waals surface area contributed by atoms with Crippen molar-refractivity contribution in [2.24, 2.45) is 0 Å². The van der Waals surface area contributed by atoms with Gasteiger partial charge in [0.25, 0.3) is 0 Å². The maximum Gasteiger partial charge on any atom is 0.153 e. The molecule has 0 fully saturated rings. The van der Waals surface area contributed by atoms with E-state index in [2.05, 4.69) is 149 Å². The number of furan rings is 1. The lowest BCUT2D eigenvalue weighted by Gasteiger charge is -2.26. The van der Waals surface area contributed by atoms with Gasteiger partial charge < -0.3 is 9.32 Å². The van der Waals surface area contributed by atoms with E-state index in [1.54, 1.807) is 0 Å². The van der Waals surface area contributed by atoms with E-state index >= 15 is 0 Å². The van der Waals surface area contributed by atoms with Gasteiger partial charge in [0.05, 0.1) is 0 Å². The summed E-state index contributed by atoms with van der Waals surface area (Å²) in [6.07, 6.45) is 1.81. The molecule has 3 heteroatoms. The fourth-order valence-electron chi connectivity index (χ4n) is 6.62. The van der Waals surface area contributed by atoms with E-state index in [0.717, 1.165) is 50.3 Å². The zero-order valence-corrected chi connectivity index (χ0v) is 23.8. The molecule has 7 aromatic carbocycles. The molecule has 0 atom stereocenters. The number of hydrogen-bond acceptors (Lipinski definition) is 3. The minimum Gasteiger partial charge on any atom is -0.454 e. The lowest BCUT2D eigenvalue weighted by Crippen LogP contribution is -2.09. The molecule has 0 spiro atoms. The van der Waals surface area contributed by atoms with Crippen molar-refractivity contribution >= 4 is 71.4 Å². The molecule has 206 valence electrons. The van der Waals surface area contributed by atoms with Gasteiger partial charge in [-0.05, 0) is 92.5 Å². The lowest BCUT2D eigenvalue weighted by atomic mass is 9.96. The fraction of sp³-hybridized carbons (Fsp3) is 0. The van der Waals surface area contributed by atoms with Gasteiger partial charge in [-0.1, -0.05) is 97.1 Å². The number of aromatic nitrogens is 1. The topological polar surface area (TPSA) is 29.3 Å². The molecule has 3 nitrogen and oxygen atoms in total. The average Bonchev–Trinajstić information content (AvgIpc) is 3.48. The molecule has 0 aliphatic heterocycles. The molecule has 0 saturated heterocycles. The SMILES string of the molecule is c1ccc(N(c2ccc(-c3cccc4c3oc3cccnc34)cc2)c2ccc3c(ccc4c5ccccc5ccc34)c2)cc1. The van der Waals surface area contributed by atoms with Gasteiger partial charge in [0, 0.05) is 34.2 Å². The predicted molar refractivity (Wildman–Crippen MR) is 184 cm³/mol. The summed E-state index contributed by atoms with van der Waals surface area (Å²) in [6.45, 7) is 0. The largest absolute Gasteiger partial charge is 0.454 e. The van der Waals surface area contributed by atoms with Crippen LogP contribution in [0.3, 0.4) is 0 Å². The van der Waals surface area contributed by atoms with Crippen molar-refractivity contribution < 1.29 is 4.42 Å². The van der Waals surface area contributed by atoms with Crippen molar-refractivity contribution in [1.82, 2.24) is 4.98 Å². The summed E-state index contributed by atoms with van der Waals surface area (Å²) in [5.41, 5.74) is 8.03. The Balaban J connectivity index is 1.16. The third kappa shape index (κ3) is 3.87. The van der Waals surface area contributed by atoms with Gasteiger partial charge in [-0.25, -0.2) is 0 Å². The molecule has 9 rings (SSSR count). The molecule has 2 aromatic heterocycles. The number of benzene rings is 7. The van der Waals surface area contributed by atoms with Gasteiger partial charge in [-0.15, -0.1) is 0 Å². The van der Waals surface area contributed by atoms with E-state index in [0.29, 0.717) is 0 Å². The molecule has 9 aromatic rings. The van der Waals surface area contributed by atoms with Crippen LogP contribution in [0.5, 0.6) is 0 Å². The van der Waals surface area contributed by atoms with Gasteiger partial charge >= 0.3 is 0 Å². The Morgan fingerprint density at radius 3 is 2.00 bits per heavy atom. The zero-order valence-electron chi connectivity index (χ0n) is 23.8. The smallest absolute Gasteiger partial charge is 0.153 e. The summed E-state index contributed by atoms with van der Waals surface area (Å²) in [5, 5.41) is 8.62. The highest BCUT2D eigenvalue weighted by Crippen LogP contribution is 2.40. The maximum atomic E-state index is 6.28. The van der Waals surface area contributed by atoms with Gasteiger partial charge in [0.15, 0.2) is 5.58 Å². The molecule has 0 aliphatic rings. The Morgan fingerprint density at radius 1 is 0.455 bits per heavy atom. The molecule has 44 heavy (non-hydrogen) atoms. The third-order valence-corrected chi connectivity index (χ3v) is 8.69. The van der Waals surface area contributed by atoms with Gasteiger partial charge in [-0.3, -0.25) is 4.98 Å². The average molecular weight is 563 g/mol. The van der Waals surface area contributed by atoms with Crippen LogP contribution in [0.4, 0.5) is 17.1 Å². The van der Waals surface area contributed by atoms with E-state index in [9.17, 15) is 0 Å². The first-order chi connectivity index (χ1) is 21.8. The number of anilines is 3. The predicted octanol–water partition coefficient (Wildman–Crippen LogP) is 11.6. The van der Waals surface area contributed by atoms with Crippen LogP contribution in [-0.2, 0) is 0 Å². The van der Waals surface area contributed by atoms with Crippen LogP contribution in [0.25, 0.3) is 65.5 Å². The fourth-order valence-corrected chi connectivity index (χ4v) is 6.62. The second kappa shape index (κ2) is 9.82. The first-order valence-electron chi connectivity index (χ1n) is 14.9. The highest BCUT2D eigenvalue weighted by molar-refractivity contribution is 6.17. The quantitative estimate of drug-likeness (QED) is 0.200. The van der Waals surface area contributed by atoms with Crippen LogP contribution in [0.2, 0.25) is 0 Å². The van der Waals surface area contributed by atoms with Crippen LogP contribution in [-0.4, -0.2) is 4.98 Å². The number of hydrogen-bond donors (Lipinski definition) is 0. The second-order valence-electron chi connectivity index (χ2n) is 11.2. The van der Waals surface area contributed by atoms with Crippen molar-refractivity contribution in [3.05, 3.63) is 158 Å². The van der Waals surface area contributed by atoms with Crippen LogP contribution >= 0.6 is 0 Å². The van der Waals surface area contributed by atoms with Crippen molar-refractivity contribution in [1.29, 1.82) is 0 Å². The molecule has 0 saturated carbocycles. The Labute approximate surface area is 254 Å². The molecule has 0 N–H and O–H groups in total. The monoisotopic (exact) mass is 562 g/mol. The standard InChI is InChI=1S/C41H26N2O/c1-2-9-30(10-3-1)43(32-21-24-34-29(26-32)18-23-36-33-11-5-4-8-27(33)17-22-37(34)36)31-19-15-28(16-20-31)35-12-6-13-38-40-39(44-41(35)38)14-7-25-42-40/h1-26H. The summed E-state index contributed by atoms with van der Waals surface area (Å²) in [5.74, 6) is 0. The number of nitrogens with zero attached hydrogens (tertiary/aromatic N) is 2. The summed E-state index contributed by atoms with van der Waals surface area (Å²) in [7, 11) is 0. The minimum atomic E-state index is 0.805. The third-order valence-electron chi connectivity index (χ3n) is 8.69. The van der Waals surface area contributed by atoms with E-state index in [4.69, 9.17) is 4.42 Å². The van der Waals surface area contributed by atoms with Crippen LogP contribution in [0.1, 0.15) is 0 Å². The number of fused-ring (bicyclic) bond motifs is 8. The van der Waals surface area contributed by atoms with Crippen molar-refractivity contribution in [3.8, 4) is 11.1 Å². The summed E-state index contributed by atoms with van der Waals surface area (Å²) >= 11 is 0. The Hall–Kier alpha value is -5.93. The summed E-state index contributed by atoms with van der Waals surface area (Å²) in [6, 6.07) is 53.9. The number of pyridine rings is 1. The second-order valence-corrected chi connectivity index (χ2v) is 11.2. The van der Waals surface area contributed by atoms with Crippen molar-refractivity contribution in [3.63, 3.8) is 0 Å². The van der Waals surface area contributed by atoms with E-state index in [1.807, 2.05) is 18.3 Å². The first kappa shape index (κ1) is 24.6. The molecular formula is C41H26N2O. The number of para-hydroxylation sites is 2. The first-order valence-corrected chi connectivity index (χ1v) is 14.9. The number of rotatable bonds is 4. The normalized spacial score (nSPS) is 11.6. The van der Waals surface area contributed by atoms with E-state index < -0.39 is 0 Å². The van der Waals surface area contributed by atoms with Gasteiger partial charge in [0.1, 0.15) is 11.1 Å². The van der Waals surface area contributed by atoms with Crippen LogP contribution < -0.4 is 4.90 Å². The van der Waals surface area contributed by atoms with Crippen LogP contribution in [0, 0.1) is 0 Å². The molecule has 0 aliphatic carbocycles. The zero-order chi connectivity index (χ0) is 29.0. The molecule has 2 heterocycles. The van der Waals surface area contributed by atoms with Gasteiger partial charge in [0.2, 0.25) is 0 Å². The highest BCUT2D eigenvalue weighted by atomic mass is 16.3. The Kier molecular flexibility index (Phi) is 5.50. The molecule has 0 radical (unpaired) electrons. The van der Waals surface area contributed by atoms with Crippen LogP contribution in [0.15, 0.2) is 162 Å². The maximum absolute atomic E-state index is 6.28. The van der Waals surface area contributed by atoms with Crippen molar-refractivity contribution in [2.45, 2.75) is 0 Å².